The van der Waals surface area contributed by atoms with Gasteiger partial charge in [0.05, 0.1) is 0 Å². The van der Waals surface area contributed by atoms with E-state index < -0.39 is 12.1 Å². The zero-order chi connectivity index (χ0) is 9.14. The van der Waals surface area contributed by atoms with Crippen LogP contribution in [0.15, 0.2) is 24.3 Å². The van der Waals surface area contributed by atoms with E-state index in [2.05, 4.69) is 0 Å². The predicted molar refractivity (Wildman–Crippen MR) is 49.2 cm³/mol. The Labute approximate surface area is 97.7 Å². The maximum atomic E-state index is 10.3. The third kappa shape index (κ3) is 3.00. The van der Waals surface area contributed by atoms with Gasteiger partial charge in [-0.15, -0.1) is 0 Å². The Bertz CT molecular complexity index is 303. The number of carboxylic acid groups (broad SMARTS) is 1. The average molecular weight is 190 g/mol. The van der Waals surface area contributed by atoms with Crippen LogP contribution in [0.25, 0.3) is 0 Å². The molecular formula is C8H9NNaO3. The third-order valence-electron chi connectivity index (χ3n) is 1.52. The molecule has 0 saturated carbocycles. The number of aliphatic carboxylic acids is 1. The van der Waals surface area contributed by atoms with Crippen molar-refractivity contribution in [3.8, 4) is 0 Å². The fraction of sp³-hybridized carbons (Fsp3) is 0.125. The second-order valence-electron chi connectivity index (χ2n) is 2.37. The molecule has 1 rings (SSSR count). The zero-order valence-corrected chi connectivity index (χ0v) is 9.27. The molecular weight excluding hydrogens is 181 g/mol. The molecule has 0 bridgehead atoms. The van der Waals surface area contributed by atoms with Gasteiger partial charge in [-0.1, -0.05) is 18.2 Å². The van der Waals surface area contributed by atoms with E-state index in [0.29, 0.717) is 0 Å². The normalized spacial score (nSPS) is 11.5. The number of benzene rings is 1. The summed E-state index contributed by atoms with van der Waals surface area (Å²) in [4.78, 5) is 10.3. The minimum absolute atomic E-state index is 0. The standard InChI is InChI=1S/C8H9NO3.Na/c9-6-4-2-1-3-5(6)7(10)8(11)12;/h1-4,7,10H,9H2,(H,11,12);. The van der Waals surface area contributed by atoms with Crippen molar-refractivity contribution in [1.29, 1.82) is 0 Å². The second-order valence-corrected chi connectivity index (χ2v) is 2.37. The Kier molecular flexibility index (Phi) is 5.02. The molecule has 13 heavy (non-hydrogen) atoms. The number of nitrogens with two attached hydrogens (primary N) is 1. The molecule has 65 valence electrons. The van der Waals surface area contributed by atoms with Gasteiger partial charge in [0, 0.05) is 40.8 Å². The number of aliphatic hydroxyl groups excluding tert-OH is 1. The van der Waals surface area contributed by atoms with Gasteiger partial charge in [0.1, 0.15) is 0 Å². The quantitative estimate of drug-likeness (QED) is 0.453. The molecule has 1 radical (unpaired) electrons. The maximum absolute atomic E-state index is 10.3. The minimum atomic E-state index is -1.54. The summed E-state index contributed by atoms with van der Waals surface area (Å²) < 4.78 is 0. The van der Waals surface area contributed by atoms with Crippen molar-refractivity contribution in [1.82, 2.24) is 0 Å². The fourth-order valence-corrected chi connectivity index (χ4v) is 0.893. The first-order valence-electron chi connectivity index (χ1n) is 3.38. The van der Waals surface area contributed by atoms with Gasteiger partial charge < -0.3 is 15.9 Å². The Morgan fingerprint density at radius 2 is 1.92 bits per heavy atom. The van der Waals surface area contributed by atoms with E-state index in [0.717, 1.165) is 0 Å². The first kappa shape index (κ1) is 12.4. The predicted octanol–water partition coefficient (Wildman–Crippen LogP) is 0.00600. The van der Waals surface area contributed by atoms with Gasteiger partial charge >= 0.3 is 5.97 Å². The molecule has 0 spiro atoms. The van der Waals surface area contributed by atoms with Crippen LogP contribution >= 0.6 is 0 Å². The zero-order valence-electron chi connectivity index (χ0n) is 7.27. The Balaban J connectivity index is 0.00000144. The molecule has 0 amide bonds. The molecule has 1 aromatic carbocycles. The van der Waals surface area contributed by atoms with Crippen LogP contribution in [-0.4, -0.2) is 45.7 Å². The number of anilines is 1. The summed E-state index contributed by atoms with van der Waals surface area (Å²) in [5.41, 5.74) is 5.95. The number of hydrogen-bond donors (Lipinski definition) is 3. The molecule has 0 heterocycles. The van der Waals surface area contributed by atoms with E-state index in [1.54, 1.807) is 18.2 Å². The van der Waals surface area contributed by atoms with E-state index in [4.69, 9.17) is 15.9 Å². The number of nitrogen functional groups attached to an aromatic ring is 1. The maximum Gasteiger partial charge on any atom is 0.337 e. The van der Waals surface area contributed by atoms with Crippen LogP contribution < -0.4 is 5.73 Å². The van der Waals surface area contributed by atoms with Crippen LogP contribution in [0.5, 0.6) is 0 Å². The van der Waals surface area contributed by atoms with Crippen molar-refractivity contribution in [3.05, 3.63) is 29.8 Å². The van der Waals surface area contributed by atoms with Gasteiger partial charge in [-0.25, -0.2) is 4.79 Å². The van der Waals surface area contributed by atoms with Crippen LogP contribution in [0, 0.1) is 0 Å². The number of carbonyl (C=O) groups is 1. The van der Waals surface area contributed by atoms with Gasteiger partial charge in [-0.2, -0.15) is 0 Å². The van der Waals surface area contributed by atoms with Crippen LogP contribution in [0.3, 0.4) is 0 Å². The van der Waals surface area contributed by atoms with E-state index in [1.165, 1.54) is 6.07 Å². The van der Waals surface area contributed by atoms with Crippen molar-refractivity contribution < 1.29 is 15.0 Å². The number of para-hydroxylation sites is 1. The summed E-state index contributed by atoms with van der Waals surface area (Å²) in [6, 6.07) is 6.32. The summed E-state index contributed by atoms with van der Waals surface area (Å²) in [5.74, 6) is -1.30. The number of aliphatic hydroxyl groups is 1. The van der Waals surface area contributed by atoms with Crippen molar-refractivity contribution in [3.63, 3.8) is 0 Å². The van der Waals surface area contributed by atoms with Crippen molar-refractivity contribution >= 4 is 41.2 Å². The van der Waals surface area contributed by atoms with Gasteiger partial charge in [0.25, 0.3) is 0 Å². The molecule has 0 aliphatic rings. The molecule has 0 aliphatic heterocycles. The summed E-state index contributed by atoms with van der Waals surface area (Å²) in [7, 11) is 0. The summed E-state index contributed by atoms with van der Waals surface area (Å²) in [6.45, 7) is 0. The molecule has 1 aromatic rings. The van der Waals surface area contributed by atoms with Gasteiger partial charge in [0.2, 0.25) is 0 Å². The Morgan fingerprint density at radius 1 is 1.38 bits per heavy atom. The van der Waals surface area contributed by atoms with E-state index in [-0.39, 0.29) is 40.8 Å². The van der Waals surface area contributed by atoms with Crippen LogP contribution in [-0.2, 0) is 4.79 Å². The van der Waals surface area contributed by atoms with Gasteiger partial charge in [0.15, 0.2) is 6.10 Å². The summed E-state index contributed by atoms with van der Waals surface area (Å²) >= 11 is 0. The number of hydrogen-bond acceptors (Lipinski definition) is 3. The van der Waals surface area contributed by atoms with E-state index in [9.17, 15) is 4.79 Å². The van der Waals surface area contributed by atoms with Crippen molar-refractivity contribution in [2.45, 2.75) is 6.10 Å². The molecule has 0 saturated heterocycles. The average Bonchev–Trinajstić information content (AvgIpc) is 2.04. The molecule has 4 nitrogen and oxygen atoms in total. The topological polar surface area (TPSA) is 83.5 Å². The van der Waals surface area contributed by atoms with Crippen molar-refractivity contribution in [2.24, 2.45) is 0 Å². The van der Waals surface area contributed by atoms with Crippen LogP contribution in [0.4, 0.5) is 5.69 Å². The smallest absolute Gasteiger partial charge is 0.337 e. The summed E-state index contributed by atoms with van der Waals surface area (Å²) in [5, 5.41) is 17.6. The molecule has 4 N–H and O–H groups in total. The molecule has 1 unspecified atom stereocenters. The number of rotatable bonds is 2. The molecule has 0 fully saturated rings. The summed E-state index contributed by atoms with van der Waals surface area (Å²) in [6.07, 6.45) is -1.54. The van der Waals surface area contributed by atoms with Crippen molar-refractivity contribution in [2.75, 3.05) is 5.73 Å². The SMILES string of the molecule is Nc1ccccc1C(O)C(=O)O.[Na]. The van der Waals surface area contributed by atoms with Gasteiger partial charge in [-0.05, 0) is 6.07 Å². The third-order valence-corrected chi connectivity index (χ3v) is 1.52. The first-order valence-corrected chi connectivity index (χ1v) is 3.38. The van der Waals surface area contributed by atoms with Crippen LogP contribution in [0.2, 0.25) is 0 Å². The monoisotopic (exact) mass is 190 g/mol. The Hall–Kier alpha value is -0.550. The van der Waals surface area contributed by atoms with Crippen LogP contribution in [0.1, 0.15) is 11.7 Å². The molecule has 0 aromatic heterocycles. The molecule has 5 heteroatoms. The Morgan fingerprint density at radius 3 is 2.38 bits per heavy atom. The molecule has 1 atom stereocenters. The molecule has 0 aliphatic carbocycles. The van der Waals surface area contributed by atoms with E-state index >= 15 is 0 Å². The van der Waals surface area contributed by atoms with E-state index in [1.807, 2.05) is 0 Å². The largest absolute Gasteiger partial charge is 0.479 e. The first-order chi connectivity index (χ1) is 5.63. The second kappa shape index (κ2) is 5.24. The fourth-order valence-electron chi connectivity index (χ4n) is 0.893. The minimum Gasteiger partial charge on any atom is -0.479 e. The van der Waals surface area contributed by atoms with Gasteiger partial charge in [-0.3, -0.25) is 0 Å². The number of carboxylic acids is 1.